The van der Waals surface area contributed by atoms with Gasteiger partial charge in [-0.3, -0.25) is 11.0 Å². The van der Waals surface area contributed by atoms with Crippen LogP contribution in [-0.2, 0) is 19.5 Å². The first-order valence-corrected chi connectivity index (χ1v) is 3.87. The zero-order valence-electron chi connectivity index (χ0n) is 2.53. The van der Waals surface area contributed by atoms with E-state index in [-0.39, 0.29) is 19.5 Å². The van der Waals surface area contributed by atoms with Gasteiger partial charge in [0.1, 0.15) is 0 Å². The molecule has 0 saturated heterocycles. The molecule has 5 heteroatoms. The molecule has 0 heterocycles. The second-order valence-corrected chi connectivity index (χ2v) is 3.13. The maximum Gasteiger partial charge on any atom is 0.0470 e. The van der Waals surface area contributed by atoms with Crippen molar-refractivity contribution >= 4 is 16.8 Å². The molecule has 0 fully saturated rings. The fraction of sp³-hybridized carbons (Fsp3) is 0. The summed E-state index contributed by atoms with van der Waals surface area (Å²) in [5.41, 5.74) is 9.83. The third-order valence-corrected chi connectivity index (χ3v) is 0. The molecule has 0 bridgehead atoms. The minimum absolute atomic E-state index is 0. The molecule has 0 aromatic rings. The number of hydrogen-bond acceptors (Lipinski definition) is 2. The average molecular weight is 197 g/mol. The van der Waals surface area contributed by atoms with Crippen LogP contribution in [0, 0.1) is 0 Å². The van der Waals surface area contributed by atoms with Gasteiger partial charge in [0.25, 0.3) is 0 Å². The quantitative estimate of drug-likeness (QED) is 0.424. The molecule has 0 amide bonds. The van der Waals surface area contributed by atoms with Crippen molar-refractivity contribution < 1.29 is 19.5 Å². The second-order valence-electron chi connectivity index (χ2n) is 0.447. The van der Waals surface area contributed by atoms with Gasteiger partial charge in [0.15, 0.2) is 0 Å². The molecule has 1 unspecified atom stereocenters. The van der Waals surface area contributed by atoms with Gasteiger partial charge in [-0.2, -0.15) is 0 Å². The Hall–Kier alpha value is 1.40. The van der Waals surface area contributed by atoms with Gasteiger partial charge in [0.05, 0.1) is 0 Å². The van der Waals surface area contributed by atoms with E-state index in [0.29, 0.717) is 0 Å². The Morgan fingerprint density at radius 3 is 1.40 bits per heavy atom. The van der Waals surface area contributed by atoms with Crippen LogP contribution < -0.4 is 11.0 Å². The van der Waals surface area contributed by atoms with Crippen molar-refractivity contribution in [1.29, 1.82) is 0 Å². The van der Waals surface area contributed by atoms with Crippen molar-refractivity contribution in [1.82, 2.24) is 0 Å². The first-order chi connectivity index (χ1) is 1.73. The molecule has 0 radical (unpaired) electrons. The van der Waals surface area contributed by atoms with Crippen LogP contribution in [0.3, 0.4) is 0 Å². The molecule has 34 valence electrons. The Morgan fingerprint density at radius 2 is 1.40 bits per heavy atom. The molecule has 0 aliphatic carbocycles. The van der Waals surface area contributed by atoms with E-state index >= 15 is 0 Å². The summed E-state index contributed by atoms with van der Waals surface area (Å²) in [5.74, 6) is 0. The Bertz CT molecular complexity index is 12.4. The van der Waals surface area contributed by atoms with E-state index in [2.05, 4.69) is 8.93 Å². The van der Waals surface area contributed by atoms with E-state index in [0.717, 1.165) is 0 Å². The fourth-order valence-corrected chi connectivity index (χ4v) is 0. The summed E-state index contributed by atoms with van der Waals surface area (Å²) in [6.07, 6.45) is 0. The number of nitrogens with two attached hydrogens (primary N) is 2. The van der Waals surface area contributed by atoms with Crippen molar-refractivity contribution in [3.8, 4) is 0 Å². The van der Waals surface area contributed by atoms with E-state index in [1.54, 1.807) is 0 Å². The Morgan fingerprint density at radius 1 is 1.40 bits per heavy atom. The average Bonchev–Trinajstić information content (AvgIpc) is 0.811. The smallest absolute Gasteiger partial charge is 0.0470 e. The van der Waals surface area contributed by atoms with Crippen LogP contribution in [0.1, 0.15) is 0 Å². The van der Waals surface area contributed by atoms with Gasteiger partial charge in [-0.05, 0) is 0 Å². The number of hydrogen-bond donors (Lipinski definition) is 2. The van der Waals surface area contributed by atoms with Gasteiger partial charge >= 0.3 is 0 Å². The molecule has 0 aliphatic heterocycles. The third-order valence-electron chi connectivity index (χ3n) is 0. The Kier molecular flexibility index (Phi) is 10.4. The molecule has 0 aromatic heterocycles. The monoisotopic (exact) mass is 198 g/mol. The van der Waals surface area contributed by atoms with Crippen molar-refractivity contribution in [3.63, 3.8) is 0 Å². The second kappa shape index (κ2) is 5.40. The van der Waals surface area contributed by atoms with Crippen LogP contribution in [0.15, 0.2) is 0 Å². The van der Waals surface area contributed by atoms with Gasteiger partial charge in [0.2, 0.25) is 0 Å². The molecular weight excluding hydrogens is 191 g/mol. The molecule has 0 aromatic carbocycles. The molecular formula is H6N2P2Ru. The van der Waals surface area contributed by atoms with Gasteiger partial charge in [-0.15, -0.1) is 0 Å². The molecule has 5 heavy (non-hydrogen) atoms. The maximum atomic E-state index is 4.92. The standard InChI is InChI=1S/H6N2P2.Ru/c1-4(2)3;/h1-3H2;. The zero-order valence-corrected chi connectivity index (χ0v) is 6.32. The van der Waals surface area contributed by atoms with Crippen LogP contribution in [0.25, 0.3) is 0 Å². The molecule has 0 spiro atoms. The summed E-state index contributed by atoms with van der Waals surface area (Å²) in [6, 6.07) is 0. The van der Waals surface area contributed by atoms with Crippen molar-refractivity contribution in [2.24, 2.45) is 11.0 Å². The largest absolute Gasteiger partial charge is 0.295 e. The van der Waals surface area contributed by atoms with Crippen molar-refractivity contribution in [2.45, 2.75) is 0 Å². The molecule has 4 N–H and O–H groups in total. The molecule has 2 nitrogen and oxygen atoms in total. The van der Waals surface area contributed by atoms with Gasteiger partial charge < -0.3 is 0 Å². The van der Waals surface area contributed by atoms with Crippen LogP contribution >= 0.6 is 16.8 Å². The minimum Gasteiger partial charge on any atom is -0.295 e. The summed E-state index contributed by atoms with van der Waals surface area (Å²) < 4.78 is 0. The van der Waals surface area contributed by atoms with Crippen LogP contribution in [-0.4, -0.2) is 0 Å². The van der Waals surface area contributed by atoms with Crippen LogP contribution in [0.4, 0.5) is 0 Å². The topological polar surface area (TPSA) is 52.0 Å². The Labute approximate surface area is 47.8 Å². The van der Waals surface area contributed by atoms with E-state index in [4.69, 9.17) is 11.0 Å². The molecule has 0 aliphatic rings. The normalized spacial score (nSPS) is 7.20. The summed E-state index contributed by atoms with van der Waals surface area (Å²) in [4.78, 5) is 0. The molecule has 0 saturated carbocycles. The maximum absolute atomic E-state index is 4.92. The summed E-state index contributed by atoms with van der Waals surface area (Å²) >= 11 is 0. The summed E-state index contributed by atoms with van der Waals surface area (Å²) in [6.45, 7) is 0. The van der Waals surface area contributed by atoms with Crippen LogP contribution in [0.2, 0.25) is 0 Å². The molecule has 0 rings (SSSR count). The van der Waals surface area contributed by atoms with E-state index in [1.807, 2.05) is 0 Å². The predicted molar refractivity (Wildman–Crippen MR) is 25.0 cm³/mol. The van der Waals surface area contributed by atoms with Gasteiger partial charge in [-0.1, -0.05) is 8.93 Å². The van der Waals surface area contributed by atoms with E-state index in [1.165, 1.54) is 0 Å². The zero-order chi connectivity index (χ0) is 3.58. The van der Waals surface area contributed by atoms with Crippen molar-refractivity contribution in [2.75, 3.05) is 0 Å². The van der Waals surface area contributed by atoms with Crippen LogP contribution in [0.5, 0.6) is 0 Å². The number of rotatable bonds is 0. The van der Waals surface area contributed by atoms with Crippen molar-refractivity contribution in [3.05, 3.63) is 0 Å². The Balaban J connectivity index is 0. The van der Waals surface area contributed by atoms with Gasteiger partial charge in [-0.25, -0.2) is 0 Å². The predicted octanol–water partition coefficient (Wildman–Crippen LogP) is 0.00330. The van der Waals surface area contributed by atoms with E-state index < -0.39 is 7.91 Å². The first kappa shape index (κ1) is 9.64. The summed E-state index contributed by atoms with van der Waals surface area (Å²) in [7, 11) is 1.57. The van der Waals surface area contributed by atoms with Gasteiger partial charge in [0, 0.05) is 27.4 Å². The summed E-state index contributed by atoms with van der Waals surface area (Å²) in [5, 5.41) is 0. The third kappa shape index (κ3) is 31.8. The molecule has 1 atom stereocenters. The fourth-order valence-electron chi connectivity index (χ4n) is 0. The first-order valence-electron chi connectivity index (χ1n) is 0.775. The van der Waals surface area contributed by atoms with E-state index in [9.17, 15) is 0 Å². The minimum atomic E-state index is -0.704. The SMILES string of the molecule is NP(N)P.[Ru].